The smallest absolute Gasteiger partial charge is 0.271 e. The molecule has 0 bridgehead atoms. The first-order valence-electron chi connectivity index (χ1n) is 11.4. The molecule has 0 aliphatic carbocycles. The number of benzene rings is 2. The second-order valence-electron chi connectivity index (χ2n) is 8.35. The minimum absolute atomic E-state index is 0.0266. The monoisotopic (exact) mass is 480 g/mol. The van der Waals surface area contributed by atoms with Gasteiger partial charge in [-0.15, -0.1) is 0 Å². The number of nitrogens with two attached hydrogens (primary N) is 2. The largest absolute Gasteiger partial charge is 0.368 e. The fourth-order valence-corrected chi connectivity index (χ4v) is 4.12. The van der Waals surface area contributed by atoms with Crippen molar-refractivity contribution in [2.45, 2.75) is 18.9 Å². The van der Waals surface area contributed by atoms with E-state index in [1.54, 1.807) is 6.20 Å². The van der Waals surface area contributed by atoms with Gasteiger partial charge in [0.1, 0.15) is 11.9 Å². The maximum atomic E-state index is 12.2. The molecule has 36 heavy (non-hydrogen) atoms. The molecule has 3 heterocycles. The molecule has 0 saturated heterocycles. The molecule has 1 atom stereocenters. The van der Waals surface area contributed by atoms with Crippen LogP contribution in [0.2, 0.25) is 0 Å². The number of fused-ring (bicyclic) bond motifs is 2. The van der Waals surface area contributed by atoms with Gasteiger partial charge in [0.25, 0.3) is 5.91 Å². The van der Waals surface area contributed by atoms with E-state index in [-0.39, 0.29) is 17.3 Å². The molecular weight excluding hydrogens is 456 g/mol. The normalized spacial score (nSPS) is 11.9. The minimum Gasteiger partial charge on any atom is -0.368 e. The Bertz CT molecular complexity index is 1580. The summed E-state index contributed by atoms with van der Waals surface area (Å²) in [4.78, 5) is 40.4. The number of rotatable bonds is 9. The summed E-state index contributed by atoms with van der Waals surface area (Å²) >= 11 is 0. The predicted molar refractivity (Wildman–Crippen MR) is 139 cm³/mol. The molecule has 5 aromatic rings. The lowest BCUT2D eigenvalue weighted by Crippen LogP contribution is -2.36. The van der Waals surface area contributed by atoms with E-state index in [1.807, 2.05) is 60.8 Å². The van der Waals surface area contributed by atoms with Crippen LogP contribution in [0.25, 0.3) is 21.8 Å². The SMILES string of the molecule is NC(=O)c1ncc(N[C@H](CCc2c[nH]c3ccccc23)C(N)=O)nc1Nc1ccc2ncccc2c1. The van der Waals surface area contributed by atoms with Crippen LogP contribution in [-0.4, -0.2) is 37.8 Å². The highest BCUT2D eigenvalue weighted by Gasteiger charge is 2.19. The highest BCUT2D eigenvalue weighted by molar-refractivity contribution is 5.97. The molecule has 10 heteroatoms. The standard InChI is InChI=1S/C26H24N8O2/c27-24(35)21(9-7-16-13-30-20-6-2-1-5-18(16)20)33-22-14-31-23(25(28)36)26(34-22)32-17-8-10-19-15(12-17)4-3-11-29-19/h1-6,8,10-14,21,30H,7,9H2,(H2,27,35)(H2,28,36)(H2,32,33,34)/t21-/m1/s1. The average molecular weight is 481 g/mol. The van der Waals surface area contributed by atoms with Gasteiger partial charge in [0.15, 0.2) is 11.5 Å². The Balaban J connectivity index is 1.37. The topological polar surface area (TPSA) is 165 Å². The molecular formula is C26H24N8O2. The average Bonchev–Trinajstić information content (AvgIpc) is 3.29. The number of anilines is 3. The van der Waals surface area contributed by atoms with Crippen LogP contribution in [0.3, 0.4) is 0 Å². The van der Waals surface area contributed by atoms with E-state index in [2.05, 4.69) is 30.6 Å². The first-order valence-corrected chi connectivity index (χ1v) is 11.4. The molecule has 0 aliphatic heterocycles. The molecule has 3 aromatic heterocycles. The van der Waals surface area contributed by atoms with Crippen LogP contribution in [-0.2, 0) is 11.2 Å². The van der Waals surface area contributed by atoms with Crippen molar-refractivity contribution < 1.29 is 9.59 Å². The summed E-state index contributed by atoms with van der Waals surface area (Å²) in [6.07, 6.45) is 6.07. The van der Waals surface area contributed by atoms with Crippen LogP contribution in [0.15, 0.2) is 73.2 Å². The van der Waals surface area contributed by atoms with E-state index in [9.17, 15) is 9.59 Å². The van der Waals surface area contributed by atoms with Gasteiger partial charge in [-0.05, 0) is 48.7 Å². The number of hydrogen-bond donors (Lipinski definition) is 5. The lowest BCUT2D eigenvalue weighted by molar-refractivity contribution is -0.118. The Labute approximate surface area is 206 Å². The van der Waals surface area contributed by atoms with Crippen molar-refractivity contribution in [3.63, 3.8) is 0 Å². The van der Waals surface area contributed by atoms with Crippen molar-refractivity contribution in [1.82, 2.24) is 19.9 Å². The van der Waals surface area contributed by atoms with Gasteiger partial charge in [-0.2, -0.15) is 0 Å². The zero-order chi connectivity index (χ0) is 25.1. The van der Waals surface area contributed by atoms with Crippen molar-refractivity contribution in [2.75, 3.05) is 10.6 Å². The van der Waals surface area contributed by atoms with E-state index < -0.39 is 17.9 Å². The van der Waals surface area contributed by atoms with Crippen LogP contribution in [0.5, 0.6) is 0 Å². The van der Waals surface area contributed by atoms with Gasteiger partial charge in [-0.3, -0.25) is 14.6 Å². The van der Waals surface area contributed by atoms with Crippen LogP contribution in [0.1, 0.15) is 22.5 Å². The Morgan fingerprint density at radius 2 is 1.89 bits per heavy atom. The Morgan fingerprint density at radius 3 is 2.72 bits per heavy atom. The zero-order valence-corrected chi connectivity index (χ0v) is 19.2. The lowest BCUT2D eigenvalue weighted by atomic mass is 10.0. The van der Waals surface area contributed by atoms with E-state index in [0.717, 1.165) is 27.4 Å². The minimum atomic E-state index is -0.732. The number of amides is 2. The fraction of sp³-hybridized carbons (Fsp3) is 0.115. The third-order valence-corrected chi connectivity index (χ3v) is 5.91. The number of hydrogen-bond acceptors (Lipinski definition) is 7. The number of carbonyl (C=O) groups excluding carboxylic acids is 2. The number of aryl methyl sites for hydroxylation is 1. The van der Waals surface area contributed by atoms with E-state index >= 15 is 0 Å². The first-order chi connectivity index (χ1) is 17.5. The number of pyridine rings is 1. The summed E-state index contributed by atoms with van der Waals surface area (Å²) in [5.74, 6) is -0.805. The van der Waals surface area contributed by atoms with Crippen molar-refractivity contribution >= 4 is 50.9 Å². The van der Waals surface area contributed by atoms with Gasteiger partial charge in [0.2, 0.25) is 5.91 Å². The molecule has 7 N–H and O–H groups in total. The highest BCUT2D eigenvalue weighted by Crippen LogP contribution is 2.24. The molecule has 2 aromatic carbocycles. The molecule has 0 unspecified atom stereocenters. The maximum Gasteiger partial charge on any atom is 0.271 e. The van der Waals surface area contributed by atoms with E-state index in [4.69, 9.17) is 11.5 Å². The number of primary amides is 2. The Morgan fingerprint density at radius 1 is 1.03 bits per heavy atom. The first kappa shape index (κ1) is 22.8. The maximum absolute atomic E-state index is 12.2. The molecule has 0 saturated carbocycles. The number of nitrogens with zero attached hydrogens (tertiary/aromatic N) is 3. The second kappa shape index (κ2) is 9.71. The van der Waals surface area contributed by atoms with Crippen molar-refractivity contribution in [3.8, 4) is 0 Å². The summed E-state index contributed by atoms with van der Waals surface area (Å²) in [5.41, 5.74) is 14.8. The van der Waals surface area contributed by atoms with Crippen molar-refractivity contribution in [3.05, 3.63) is 84.4 Å². The number of aromatic amines is 1. The lowest BCUT2D eigenvalue weighted by Gasteiger charge is -2.17. The quantitative estimate of drug-likeness (QED) is 0.216. The number of H-pyrrole nitrogens is 1. The Kier molecular flexibility index (Phi) is 6.14. The summed E-state index contributed by atoms with van der Waals surface area (Å²) in [5, 5.41) is 8.17. The molecule has 2 amide bonds. The molecule has 5 rings (SSSR count). The number of para-hydroxylation sites is 1. The highest BCUT2D eigenvalue weighted by atomic mass is 16.1. The number of aromatic nitrogens is 4. The zero-order valence-electron chi connectivity index (χ0n) is 19.2. The van der Waals surface area contributed by atoms with Gasteiger partial charge in [0.05, 0.1) is 11.7 Å². The molecule has 0 radical (unpaired) electrons. The molecule has 180 valence electrons. The van der Waals surface area contributed by atoms with Crippen LogP contribution in [0.4, 0.5) is 17.3 Å². The van der Waals surface area contributed by atoms with Gasteiger partial charge in [-0.1, -0.05) is 24.3 Å². The molecule has 0 aliphatic rings. The van der Waals surface area contributed by atoms with Gasteiger partial charge >= 0.3 is 0 Å². The van der Waals surface area contributed by atoms with Gasteiger partial charge in [-0.25, -0.2) is 9.97 Å². The summed E-state index contributed by atoms with van der Waals surface area (Å²) in [6.45, 7) is 0. The molecule has 0 fully saturated rings. The Hall–Kier alpha value is -4.99. The molecule has 10 nitrogen and oxygen atoms in total. The summed E-state index contributed by atoms with van der Waals surface area (Å²) in [6, 6.07) is 16.6. The summed E-state index contributed by atoms with van der Waals surface area (Å²) < 4.78 is 0. The van der Waals surface area contributed by atoms with Crippen molar-refractivity contribution in [1.29, 1.82) is 0 Å². The fourth-order valence-electron chi connectivity index (χ4n) is 4.12. The number of nitrogens with one attached hydrogen (secondary N) is 3. The predicted octanol–water partition coefficient (Wildman–Crippen LogP) is 3.25. The van der Waals surface area contributed by atoms with Gasteiger partial charge in [0, 0.05) is 34.4 Å². The summed E-state index contributed by atoms with van der Waals surface area (Å²) in [7, 11) is 0. The van der Waals surface area contributed by atoms with Crippen LogP contribution in [0, 0.1) is 0 Å². The van der Waals surface area contributed by atoms with Crippen LogP contribution >= 0.6 is 0 Å². The third kappa shape index (κ3) is 4.78. The van der Waals surface area contributed by atoms with E-state index in [1.165, 1.54) is 6.20 Å². The van der Waals surface area contributed by atoms with E-state index in [0.29, 0.717) is 18.5 Å². The van der Waals surface area contributed by atoms with Crippen LogP contribution < -0.4 is 22.1 Å². The third-order valence-electron chi connectivity index (χ3n) is 5.91. The number of carbonyl (C=O) groups is 2. The second-order valence-corrected chi connectivity index (χ2v) is 8.35. The van der Waals surface area contributed by atoms with Gasteiger partial charge < -0.3 is 27.1 Å². The van der Waals surface area contributed by atoms with Crippen molar-refractivity contribution in [2.24, 2.45) is 11.5 Å². The molecule has 0 spiro atoms.